The molecule has 0 N–H and O–H groups in total. The summed E-state index contributed by atoms with van der Waals surface area (Å²) in [5.74, 6) is -0.109. The van der Waals surface area contributed by atoms with Gasteiger partial charge in [-0.2, -0.15) is 0 Å². The van der Waals surface area contributed by atoms with Crippen LogP contribution in [-0.2, 0) is 14.5 Å². The van der Waals surface area contributed by atoms with Crippen LogP contribution in [0.3, 0.4) is 0 Å². The Morgan fingerprint density at radius 2 is 1.83 bits per heavy atom. The second-order valence-electron chi connectivity index (χ2n) is 8.13. The molecule has 3 aliphatic rings. The Labute approximate surface area is 186 Å². The SMILES string of the molecule is C[C@@H]1S[C@@]2(C(=O)N(CN3CCCCC3)c3ccccc32)N(c2cccc(Cl)c2)C1=O. The number of likely N-dealkylation sites (tertiary alicyclic amines) is 1. The third kappa shape index (κ3) is 2.96. The van der Waals surface area contributed by atoms with Gasteiger partial charge in [0.15, 0.2) is 0 Å². The van der Waals surface area contributed by atoms with Crippen LogP contribution in [0.15, 0.2) is 48.5 Å². The quantitative estimate of drug-likeness (QED) is 0.705. The van der Waals surface area contributed by atoms with Crippen LogP contribution in [0.25, 0.3) is 0 Å². The number of thioether (sulfide) groups is 1. The number of anilines is 2. The Balaban J connectivity index is 1.62. The van der Waals surface area contributed by atoms with E-state index in [0.717, 1.165) is 37.2 Å². The van der Waals surface area contributed by atoms with E-state index in [1.807, 2.05) is 48.2 Å². The van der Waals surface area contributed by atoms with Crippen molar-refractivity contribution >= 4 is 46.6 Å². The molecular weight excluding hydrogens is 418 g/mol. The minimum Gasteiger partial charge on any atom is -0.295 e. The number of benzene rings is 2. The van der Waals surface area contributed by atoms with Gasteiger partial charge in [-0.25, -0.2) is 0 Å². The number of hydrogen-bond acceptors (Lipinski definition) is 4. The van der Waals surface area contributed by atoms with Crippen LogP contribution in [0.1, 0.15) is 31.7 Å². The van der Waals surface area contributed by atoms with Gasteiger partial charge in [-0.15, -0.1) is 11.8 Å². The third-order valence-electron chi connectivity index (χ3n) is 6.18. The first-order valence-electron chi connectivity index (χ1n) is 10.4. The normalized spacial score (nSPS) is 26.7. The summed E-state index contributed by atoms with van der Waals surface area (Å²) in [4.78, 5) is 32.2. The van der Waals surface area contributed by atoms with Gasteiger partial charge in [-0.05, 0) is 57.1 Å². The number of para-hydroxylation sites is 1. The molecule has 2 amide bonds. The molecule has 2 saturated heterocycles. The maximum absolute atomic E-state index is 14.1. The zero-order valence-electron chi connectivity index (χ0n) is 16.9. The molecule has 3 heterocycles. The molecule has 0 bridgehead atoms. The third-order valence-corrected chi connectivity index (χ3v) is 7.89. The smallest absolute Gasteiger partial charge is 0.269 e. The predicted molar refractivity (Wildman–Crippen MR) is 122 cm³/mol. The fourth-order valence-electron chi connectivity index (χ4n) is 4.79. The molecule has 5 nitrogen and oxygen atoms in total. The van der Waals surface area contributed by atoms with E-state index < -0.39 is 4.87 Å². The van der Waals surface area contributed by atoms with Crippen LogP contribution in [0.4, 0.5) is 11.4 Å². The van der Waals surface area contributed by atoms with E-state index in [2.05, 4.69) is 4.90 Å². The second kappa shape index (κ2) is 7.59. The second-order valence-corrected chi connectivity index (χ2v) is 10.1. The van der Waals surface area contributed by atoms with E-state index in [1.54, 1.807) is 17.0 Å². The van der Waals surface area contributed by atoms with Crippen LogP contribution in [0, 0.1) is 0 Å². The molecule has 1 spiro atoms. The van der Waals surface area contributed by atoms with E-state index >= 15 is 0 Å². The molecule has 2 aromatic rings. The summed E-state index contributed by atoms with van der Waals surface area (Å²) >= 11 is 7.68. The number of piperidine rings is 1. The number of rotatable bonds is 3. The van der Waals surface area contributed by atoms with Crippen molar-refractivity contribution in [1.29, 1.82) is 0 Å². The number of hydrogen-bond donors (Lipinski definition) is 0. The molecule has 0 radical (unpaired) electrons. The van der Waals surface area contributed by atoms with E-state index in [4.69, 9.17) is 11.6 Å². The van der Waals surface area contributed by atoms with Crippen LogP contribution in [0.5, 0.6) is 0 Å². The number of halogens is 1. The molecular formula is C23H24ClN3O2S. The topological polar surface area (TPSA) is 43.9 Å². The fraction of sp³-hybridized carbons (Fsp3) is 0.391. The first-order valence-corrected chi connectivity index (χ1v) is 11.7. The standard InChI is InChI=1S/C23H24ClN3O2S/c1-16-21(28)27(18-9-7-8-17(24)14-18)23(30-16)19-10-3-4-11-20(19)26(22(23)29)15-25-12-5-2-6-13-25/h3-4,7-11,14,16H,2,5-6,12-13,15H2,1H3/t16-,23-/m0/s1. The van der Waals surface area contributed by atoms with Gasteiger partial charge in [0, 0.05) is 16.3 Å². The molecule has 3 aliphatic heterocycles. The average Bonchev–Trinajstić information content (AvgIpc) is 3.15. The highest BCUT2D eigenvalue weighted by Gasteiger charge is 2.63. The van der Waals surface area contributed by atoms with Crippen molar-refractivity contribution in [2.24, 2.45) is 0 Å². The molecule has 7 heteroatoms. The van der Waals surface area contributed by atoms with Gasteiger partial charge < -0.3 is 0 Å². The van der Waals surface area contributed by atoms with E-state index in [-0.39, 0.29) is 17.1 Å². The van der Waals surface area contributed by atoms with Crippen molar-refractivity contribution in [2.45, 2.75) is 36.3 Å². The summed E-state index contributed by atoms with van der Waals surface area (Å²) in [6, 6.07) is 15.1. The number of carbonyl (C=O) groups excluding carboxylic acids is 2. The highest BCUT2D eigenvalue weighted by molar-refractivity contribution is 8.03. The zero-order chi connectivity index (χ0) is 20.9. The Morgan fingerprint density at radius 3 is 2.60 bits per heavy atom. The molecule has 5 rings (SSSR count). The molecule has 0 aromatic heterocycles. The van der Waals surface area contributed by atoms with E-state index in [9.17, 15) is 9.59 Å². The maximum atomic E-state index is 14.1. The lowest BCUT2D eigenvalue weighted by atomic mass is 10.0. The maximum Gasteiger partial charge on any atom is 0.269 e. The first kappa shape index (κ1) is 19.9. The minimum absolute atomic E-state index is 0.0445. The molecule has 2 atom stereocenters. The van der Waals surface area contributed by atoms with Crippen molar-refractivity contribution in [3.05, 3.63) is 59.1 Å². The van der Waals surface area contributed by atoms with Crippen LogP contribution in [-0.4, -0.2) is 41.7 Å². The molecule has 2 aromatic carbocycles. The Hall–Kier alpha value is -2.02. The summed E-state index contributed by atoms with van der Waals surface area (Å²) in [5, 5.41) is 0.222. The minimum atomic E-state index is -1.09. The molecule has 0 saturated carbocycles. The number of fused-ring (bicyclic) bond motifs is 2. The number of carbonyl (C=O) groups is 2. The van der Waals surface area contributed by atoms with Crippen molar-refractivity contribution in [2.75, 3.05) is 29.6 Å². The molecule has 30 heavy (non-hydrogen) atoms. The van der Waals surface area contributed by atoms with E-state index in [0.29, 0.717) is 17.4 Å². The summed E-state index contributed by atoms with van der Waals surface area (Å²) in [7, 11) is 0. The summed E-state index contributed by atoms with van der Waals surface area (Å²) in [6.45, 7) is 4.44. The molecule has 0 unspecified atom stereocenters. The van der Waals surface area contributed by atoms with Crippen molar-refractivity contribution in [3.8, 4) is 0 Å². The Kier molecular flexibility index (Phi) is 5.04. The highest BCUT2D eigenvalue weighted by atomic mass is 35.5. The van der Waals surface area contributed by atoms with Gasteiger partial charge in [-0.3, -0.25) is 24.3 Å². The van der Waals surface area contributed by atoms with Crippen molar-refractivity contribution < 1.29 is 9.59 Å². The largest absolute Gasteiger partial charge is 0.295 e. The summed E-state index contributed by atoms with van der Waals surface area (Å²) in [6.07, 6.45) is 3.57. The van der Waals surface area contributed by atoms with Gasteiger partial charge >= 0.3 is 0 Å². The van der Waals surface area contributed by atoms with Gasteiger partial charge in [0.05, 0.1) is 17.6 Å². The monoisotopic (exact) mass is 441 g/mol. The molecule has 0 aliphatic carbocycles. The Morgan fingerprint density at radius 1 is 1.07 bits per heavy atom. The Bertz CT molecular complexity index is 1010. The zero-order valence-corrected chi connectivity index (χ0v) is 18.5. The lowest BCUT2D eigenvalue weighted by molar-refractivity contribution is -0.124. The van der Waals surface area contributed by atoms with Gasteiger partial charge in [0.2, 0.25) is 10.8 Å². The van der Waals surface area contributed by atoms with Gasteiger partial charge in [0.1, 0.15) is 0 Å². The van der Waals surface area contributed by atoms with Gasteiger partial charge in [0.25, 0.3) is 5.91 Å². The average molecular weight is 442 g/mol. The summed E-state index contributed by atoms with van der Waals surface area (Å²) in [5.41, 5.74) is 2.44. The van der Waals surface area contributed by atoms with Crippen LogP contribution < -0.4 is 9.80 Å². The summed E-state index contributed by atoms with van der Waals surface area (Å²) < 4.78 is 0. The van der Waals surface area contributed by atoms with Crippen molar-refractivity contribution in [1.82, 2.24) is 4.90 Å². The highest BCUT2D eigenvalue weighted by Crippen LogP contribution is 2.57. The first-order chi connectivity index (χ1) is 14.5. The molecule has 2 fully saturated rings. The van der Waals surface area contributed by atoms with Crippen LogP contribution >= 0.6 is 23.4 Å². The molecule has 156 valence electrons. The van der Waals surface area contributed by atoms with E-state index in [1.165, 1.54) is 18.2 Å². The van der Waals surface area contributed by atoms with Gasteiger partial charge in [-0.1, -0.05) is 42.3 Å². The van der Waals surface area contributed by atoms with Crippen molar-refractivity contribution in [3.63, 3.8) is 0 Å². The lowest BCUT2D eigenvalue weighted by Crippen LogP contribution is -2.52. The fourth-order valence-corrected chi connectivity index (χ4v) is 6.51. The number of nitrogens with zero attached hydrogens (tertiary/aromatic N) is 3. The predicted octanol–water partition coefficient (Wildman–Crippen LogP) is 4.45. The van der Waals surface area contributed by atoms with Crippen LogP contribution in [0.2, 0.25) is 5.02 Å². The number of amides is 2. The lowest BCUT2D eigenvalue weighted by Gasteiger charge is -2.35.